The minimum atomic E-state index is -3.96. The molecule has 196 valence electrons. The van der Waals surface area contributed by atoms with Gasteiger partial charge in [-0.3, -0.25) is 0 Å². The number of aromatic hydroxyl groups is 2. The van der Waals surface area contributed by atoms with Crippen LogP contribution in [0.25, 0.3) is 0 Å². The summed E-state index contributed by atoms with van der Waals surface area (Å²) in [5.74, 6) is -0.322. The van der Waals surface area contributed by atoms with Gasteiger partial charge in [0, 0.05) is 0 Å². The Morgan fingerprint density at radius 3 is 1.68 bits per heavy atom. The summed E-state index contributed by atoms with van der Waals surface area (Å²) in [5.41, 5.74) is 12.4. The van der Waals surface area contributed by atoms with Gasteiger partial charge in [-0.25, -0.2) is 0 Å². The molecular weight excluding hydrogens is 654 g/mol. The quantitative estimate of drug-likeness (QED) is 0.0912. The van der Waals surface area contributed by atoms with Crippen molar-refractivity contribution in [2.45, 2.75) is 9.79 Å². The van der Waals surface area contributed by atoms with Crippen LogP contribution < -0.4 is 29.6 Å². The van der Waals surface area contributed by atoms with Crippen LogP contribution in [0.2, 0.25) is 0 Å². The first-order valence-corrected chi connectivity index (χ1v) is 20.8. The number of benzene rings is 4. The molecular formula is C24H22As2N4O6S2. The third-order valence-corrected chi connectivity index (χ3v) is 16.4. The average Bonchev–Trinajstić information content (AvgIpc) is 2.85. The molecule has 8 N–H and O–H groups in total. The molecule has 4 aromatic carbocycles. The number of phenols is 2. The second-order valence-electron chi connectivity index (χ2n) is 7.95. The third-order valence-electron chi connectivity index (χ3n) is 5.10. The maximum atomic E-state index is 12.9. The van der Waals surface area contributed by atoms with E-state index in [0.29, 0.717) is 11.4 Å². The molecule has 0 saturated heterocycles. The van der Waals surface area contributed by atoms with E-state index in [1.807, 2.05) is 0 Å². The number of anilines is 4. The zero-order valence-corrected chi connectivity index (χ0v) is 24.9. The molecule has 0 spiro atoms. The number of hydrogen-bond acceptors (Lipinski definition) is 8. The summed E-state index contributed by atoms with van der Waals surface area (Å²) in [4.78, 5) is 0.0280. The Kier molecular flexibility index (Phi) is 8.18. The molecule has 0 aromatic heterocycles. The van der Waals surface area contributed by atoms with Crippen LogP contribution in [0, 0.1) is 0 Å². The molecule has 0 bridgehead atoms. The van der Waals surface area contributed by atoms with Crippen LogP contribution in [0.3, 0.4) is 0 Å². The van der Waals surface area contributed by atoms with Gasteiger partial charge >= 0.3 is 232 Å². The molecule has 10 nitrogen and oxygen atoms in total. The van der Waals surface area contributed by atoms with Gasteiger partial charge in [-0.15, -0.1) is 0 Å². The predicted octanol–water partition coefficient (Wildman–Crippen LogP) is 1.14. The van der Waals surface area contributed by atoms with E-state index in [4.69, 9.17) is 11.5 Å². The first-order valence-electron chi connectivity index (χ1n) is 10.8. The Morgan fingerprint density at radius 1 is 0.605 bits per heavy atom. The standard InChI is InChI=1S/C24H22As2N4O6S2/c27-16-2-7-19(8-3-16)37(33,34)29-22-14-18(31)6-11-21(22)26-25-15-1-12-24(32)23(13-15)30-38(35,36)20-9-4-17(28)5-10-20/h1-14,29-32H,27-28H2. The van der Waals surface area contributed by atoms with Gasteiger partial charge in [-0.05, 0) is 0 Å². The number of nitrogen functional groups attached to an aromatic ring is 2. The van der Waals surface area contributed by atoms with Gasteiger partial charge in [0.1, 0.15) is 0 Å². The second-order valence-corrected chi connectivity index (χ2v) is 18.6. The van der Waals surface area contributed by atoms with Crippen molar-refractivity contribution in [2.75, 3.05) is 20.9 Å². The fraction of sp³-hybridized carbons (Fsp3) is 0. The fourth-order valence-electron chi connectivity index (χ4n) is 3.17. The molecule has 0 atom stereocenters. The Balaban J connectivity index is 1.61. The van der Waals surface area contributed by atoms with Gasteiger partial charge < -0.3 is 0 Å². The summed E-state index contributed by atoms with van der Waals surface area (Å²) in [6.07, 6.45) is 0. The van der Waals surface area contributed by atoms with Crippen LogP contribution in [-0.4, -0.2) is 53.3 Å². The van der Waals surface area contributed by atoms with Crippen LogP contribution >= 0.6 is 0 Å². The van der Waals surface area contributed by atoms with Gasteiger partial charge in [-0.1, -0.05) is 0 Å². The molecule has 4 rings (SSSR count). The van der Waals surface area contributed by atoms with Gasteiger partial charge in [0.15, 0.2) is 0 Å². The zero-order chi connectivity index (χ0) is 27.5. The summed E-state index contributed by atoms with van der Waals surface area (Å²) >= 11 is -1.12. The number of rotatable bonds is 8. The number of nitrogens with one attached hydrogen (secondary N) is 2. The topological polar surface area (TPSA) is 185 Å². The van der Waals surface area contributed by atoms with E-state index < -0.39 is 46.3 Å². The Bertz CT molecular complexity index is 1730. The maximum absolute atomic E-state index is 12.9. The summed E-state index contributed by atoms with van der Waals surface area (Å²) in [7, 11) is -7.88. The molecule has 0 unspecified atom stereocenters. The van der Waals surface area contributed by atoms with E-state index in [-0.39, 0.29) is 32.7 Å². The predicted molar refractivity (Wildman–Crippen MR) is 150 cm³/mol. The molecule has 0 heterocycles. The molecule has 0 saturated carbocycles. The molecule has 0 fully saturated rings. The van der Waals surface area contributed by atoms with Gasteiger partial charge in [0.05, 0.1) is 0 Å². The normalized spacial score (nSPS) is 11.9. The van der Waals surface area contributed by atoms with Gasteiger partial charge in [0.25, 0.3) is 0 Å². The first-order chi connectivity index (χ1) is 17.9. The van der Waals surface area contributed by atoms with E-state index >= 15 is 0 Å². The Morgan fingerprint density at radius 2 is 1.13 bits per heavy atom. The van der Waals surface area contributed by atoms with Crippen LogP contribution in [-0.2, 0) is 20.0 Å². The van der Waals surface area contributed by atoms with E-state index in [2.05, 4.69) is 9.44 Å². The van der Waals surface area contributed by atoms with Crippen molar-refractivity contribution in [3.8, 4) is 11.5 Å². The van der Waals surface area contributed by atoms with E-state index in [1.54, 1.807) is 18.2 Å². The molecule has 0 radical (unpaired) electrons. The summed E-state index contributed by atoms with van der Waals surface area (Å²) in [6, 6.07) is 20.6. The Labute approximate surface area is 230 Å². The molecule has 4 aromatic rings. The fourth-order valence-corrected chi connectivity index (χ4v) is 13.1. The molecule has 0 aliphatic rings. The van der Waals surface area contributed by atoms with E-state index in [0.717, 1.165) is 8.70 Å². The molecule has 0 amide bonds. The average molecular weight is 676 g/mol. The van der Waals surface area contributed by atoms with Crippen LogP contribution in [0.1, 0.15) is 0 Å². The van der Waals surface area contributed by atoms with E-state index in [1.165, 1.54) is 66.7 Å². The van der Waals surface area contributed by atoms with Gasteiger partial charge in [0.2, 0.25) is 0 Å². The summed E-state index contributed by atoms with van der Waals surface area (Å²) in [5, 5.41) is 20.2. The molecule has 14 heteroatoms. The summed E-state index contributed by atoms with van der Waals surface area (Å²) in [6.45, 7) is 0. The number of phenolic OH excluding ortho intramolecular Hbond substituents is 2. The number of hydrogen-bond donors (Lipinski definition) is 6. The first kappa shape index (κ1) is 27.7. The van der Waals surface area contributed by atoms with Crippen molar-refractivity contribution in [3.63, 3.8) is 0 Å². The van der Waals surface area contributed by atoms with Crippen molar-refractivity contribution in [2.24, 2.45) is 0 Å². The van der Waals surface area contributed by atoms with Crippen molar-refractivity contribution in [1.82, 2.24) is 0 Å². The van der Waals surface area contributed by atoms with Crippen LogP contribution in [0.15, 0.2) is 94.7 Å². The molecule has 38 heavy (non-hydrogen) atoms. The Hall–Kier alpha value is -3.30. The zero-order valence-electron chi connectivity index (χ0n) is 19.5. The molecule has 0 aliphatic carbocycles. The van der Waals surface area contributed by atoms with Crippen molar-refractivity contribution >= 4 is 77.8 Å². The monoisotopic (exact) mass is 676 g/mol. The minimum absolute atomic E-state index is 0.00165. The molecule has 0 aliphatic heterocycles. The van der Waals surface area contributed by atoms with Crippen molar-refractivity contribution < 1.29 is 27.0 Å². The van der Waals surface area contributed by atoms with Crippen molar-refractivity contribution in [3.05, 3.63) is 84.9 Å². The van der Waals surface area contributed by atoms with Gasteiger partial charge in [-0.2, -0.15) is 0 Å². The van der Waals surface area contributed by atoms with Crippen LogP contribution in [0.5, 0.6) is 11.5 Å². The summed E-state index contributed by atoms with van der Waals surface area (Å²) < 4.78 is 57.8. The van der Waals surface area contributed by atoms with E-state index in [9.17, 15) is 27.0 Å². The van der Waals surface area contributed by atoms with Crippen molar-refractivity contribution in [1.29, 1.82) is 0 Å². The number of nitrogens with two attached hydrogens (primary N) is 2. The SMILES string of the molecule is Nc1ccc(S(=O)(=O)Nc2cc([As]=[As]c3ccc(O)cc3NS(=O)(=O)c3ccc(N)cc3)ccc2O)cc1. The second kappa shape index (κ2) is 11.2. The van der Waals surface area contributed by atoms with Crippen LogP contribution in [0.4, 0.5) is 22.7 Å². The number of sulfonamides is 2. The third kappa shape index (κ3) is 6.76.